The van der Waals surface area contributed by atoms with Gasteiger partial charge in [-0.05, 0) is 52.2 Å². The quantitative estimate of drug-likeness (QED) is 0.753. The normalized spacial score (nSPS) is 35.0. The maximum absolute atomic E-state index is 3.67. The highest BCUT2D eigenvalue weighted by molar-refractivity contribution is 4.91. The molecule has 2 heteroatoms. The number of hydrogen-bond acceptors (Lipinski definition) is 2. The third kappa shape index (κ3) is 3.46. The van der Waals surface area contributed by atoms with Crippen molar-refractivity contribution >= 4 is 0 Å². The van der Waals surface area contributed by atoms with E-state index < -0.39 is 0 Å². The topological polar surface area (TPSA) is 15.3 Å². The number of rotatable bonds is 2. The van der Waals surface area contributed by atoms with Crippen molar-refractivity contribution in [2.24, 2.45) is 0 Å². The first kappa shape index (κ1) is 11.4. The molecule has 0 aliphatic carbocycles. The molecule has 2 fully saturated rings. The molecule has 0 saturated carbocycles. The van der Waals surface area contributed by atoms with Crippen molar-refractivity contribution in [1.29, 1.82) is 0 Å². The lowest BCUT2D eigenvalue weighted by molar-refractivity contribution is 0.188. The second-order valence-corrected chi connectivity index (χ2v) is 5.63. The van der Waals surface area contributed by atoms with E-state index in [1.807, 2.05) is 0 Å². The van der Waals surface area contributed by atoms with Crippen LogP contribution in [0.15, 0.2) is 0 Å². The third-order valence-corrected chi connectivity index (χ3v) is 3.98. The van der Waals surface area contributed by atoms with Gasteiger partial charge in [-0.15, -0.1) is 0 Å². The van der Waals surface area contributed by atoms with Crippen LogP contribution in [0, 0.1) is 0 Å². The molecule has 2 heterocycles. The minimum absolute atomic E-state index is 0.416. The molecule has 2 aliphatic rings. The summed E-state index contributed by atoms with van der Waals surface area (Å²) in [4.78, 5) is 2.69. The van der Waals surface area contributed by atoms with Gasteiger partial charge in [0.25, 0.3) is 0 Å². The van der Waals surface area contributed by atoms with Gasteiger partial charge in [0.2, 0.25) is 0 Å². The molecule has 0 amide bonds. The van der Waals surface area contributed by atoms with E-state index in [0.29, 0.717) is 5.54 Å². The Balaban J connectivity index is 1.80. The average Bonchev–Trinajstić information content (AvgIpc) is 2.57. The Morgan fingerprint density at radius 3 is 2.27 bits per heavy atom. The highest BCUT2D eigenvalue weighted by Gasteiger charge is 2.29. The first-order chi connectivity index (χ1) is 7.29. The van der Waals surface area contributed by atoms with Crippen LogP contribution in [-0.4, -0.2) is 36.6 Å². The second kappa shape index (κ2) is 5.31. The standard InChI is InChI=1S/C13H26N2/c1-13(8-7-9-14-13)12-15-10-5-3-2-4-6-11-15/h14H,2-12H2,1H3. The monoisotopic (exact) mass is 210 g/mol. The zero-order chi connectivity index (χ0) is 10.6. The molecule has 0 radical (unpaired) electrons. The van der Waals surface area contributed by atoms with Gasteiger partial charge in [-0.3, -0.25) is 0 Å². The Hall–Kier alpha value is -0.0800. The molecular formula is C13H26N2. The molecule has 2 rings (SSSR count). The van der Waals surface area contributed by atoms with Crippen LogP contribution < -0.4 is 5.32 Å². The molecule has 0 aromatic rings. The molecule has 2 saturated heterocycles. The van der Waals surface area contributed by atoms with E-state index in [1.54, 1.807) is 0 Å². The van der Waals surface area contributed by atoms with E-state index in [1.165, 1.54) is 71.1 Å². The van der Waals surface area contributed by atoms with E-state index in [0.717, 1.165) is 0 Å². The van der Waals surface area contributed by atoms with Gasteiger partial charge in [-0.2, -0.15) is 0 Å². The predicted molar refractivity (Wildman–Crippen MR) is 65.2 cm³/mol. The average molecular weight is 210 g/mol. The van der Waals surface area contributed by atoms with Gasteiger partial charge >= 0.3 is 0 Å². The molecule has 2 aliphatic heterocycles. The van der Waals surface area contributed by atoms with Gasteiger partial charge in [0.15, 0.2) is 0 Å². The molecule has 0 aromatic carbocycles. The Kier molecular flexibility index (Phi) is 4.04. The van der Waals surface area contributed by atoms with E-state index in [4.69, 9.17) is 0 Å². The van der Waals surface area contributed by atoms with Gasteiger partial charge in [0.1, 0.15) is 0 Å². The summed E-state index contributed by atoms with van der Waals surface area (Å²) in [6.07, 6.45) is 9.91. The van der Waals surface area contributed by atoms with Crippen molar-refractivity contribution in [2.75, 3.05) is 26.2 Å². The van der Waals surface area contributed by atoms with Crippen LogP contribution >= 0.6 is 0 Å². The van der Waals surface area contributed by atoms with Crippen LogP contribution in [0.1, 0.15) is 51.9 Å². The van der Waals surface area contributed by atoms with Crippen LogP contribution in [0.25, 0.3) is 0 Å². The summed E-state index contributed by atoms with van der Waals surface area (Å²) in [5.74, 6) is 0. The van der Waals surface area contributed by atoms with Gasteiger partial charge in [-0.1, -0.05) is 19.3 Å². The number of nitrogens with zero attached hydrogens (tertiary/aromatic N) is 1. The maximum atomic E-state index is 3.67. The van der Waals surface area contributed by atoms with Crippen LogP contribution in [0.4, 0.5) is 0 Å². The van der Waals surface area contributed by atoms with Crippen molar-refractivity contribution in [3.05, 3.63) is 0 Å². The van der Waals surface area contributed by atoms with Crippen LogP contribution in [0.2, 0.25) is 0 Å². The molecule has 0 aromatic heterocycles. The first-order valence-electron chi connectivity index (χ1n) is 6.76. The number of nitrogens with one attached hydrogen (secondary N) is 1. The van der Waals surface area contributed by atoms with Crippen LogP contribution in [0.5, 0.6) is 0 Å². The van der Waals surface area contributed by atoms with E-state index in [2.05, 4.69) is 17.1 Å². The van der Waals surface area contributed by atoms with Gasteiger partial charge in [0, 0.05) is 12.1 Å². The van der Waals surface area contributed by atoms with Crippen molar-refractivity contribution < 1.29 is 0 Å². The van der Waals surface area contributed by atoms with Crippen molar-refractivity contribution in [1.82, 2.24) is 10.2 Å². The fourth-order valence-corrected chi connectivity index (χ4v) is 3.06. The summed E-state index contributed by atoms with van der Waals surface area (Å²) in [5, 5.41) is 3.67. The largest absolute Gasteiger partial charge is 0.310 e. The molecule has 0 spiro atoms. The molecular weight excluding hydrogens is 184 g/mol. The fraction of sp³-hybridized carbons (Fsp3) is 1.00. The summed E-state index contributed by atoms with van der Waals surface area (Å²) in [6, 6.07) is 0. The SMILES string of the molecule is CC1(CN2CCCCCCC2)CCCN1. The minimum atomic E-state index is 0.416. The third-order valence-electron chi connectivity index (χ3n) is 3.98. The summed E-state index contributed by atoms with van der Waals surface area (Å²) in [5.41, 5.74) is 0.416. The zero-order valence-electron chi connectivity index (χ0n) is 10.2. The smallest absolute Gasteiger partial charge is 0.0280 e. The Labute approximate surface area is 94.4 Å². The molecule has 2 nitrogen and oxygen atoms in total. The second-order valence-electron chi connectivity index (χ2n) is 5.63. The van der Waals surface area contributed by atoms with E-state index in [9.17, 15) is 0 Å². The molecule has 1 unspecified atom stereocenters. The molecule has 15 heavy (non-hydrogen) atoms. The maximum Gasteiger partial charge on any atom is 0.0280 e. The first-order valence-corrected chi connectivity index (χ1v) is 6.76. The molecule has 88 valence electrons. The lowest BCUT2D eigenvalue weighted by Gasteiger charge is -2.33. The Morgan fingerprint density at radius 2 is 1.67 bits per heavy atom. The Bertz CT molecular complexity index is 177. The van der Waals surface area contributed by atoms with Crippen molar-refractivity contribution in [2.45, 2.75) is 57.4 Å². The molecule has 1 N–H and O–H groups in total. The van der Waals surface area contributed by atoms with Crippen LogP contribution in [-0.2, 0) is 0 Å². The summed E-state index contributed by atoms with van der Waals surface area (Å²) < 4.78 is 0. The highest BCUT2D eigenvalue weighted by atomic mass is 15.2. The van der Waals surface area contributed by atoms with Crippen molar-refractivity contribution in [3.63, 3.8) is 0 Å². The lowest BCUT2D eigenvalue weighted by Crippen LogP contribution is -2.48. The lowest BCUT2D eigenvalue weighted by atomic mass is 9.98. The highest BCUT2D eigenvalue weighted by Crippen LogP contribution is 2.21. The van der Waals surface area contributed by atoms with E-state index in [-0.39, 0.29) is 0 Å². The van der Waals surface area contributed by atoms with E-state index >= 15 is 0 Å². The fourth-order valence-electron chi connectivity index (χ4n) is 3.06. The minimum Gasteiger partial charge on any atom is -0.310 e. The zero-order valence-corrected chi connectivity index (χ0v) is 10.2. The summed E-state index contributed by atoms with van der Waals surface area (Å²) in [7, 11) is 0. The Morgan fingerprint density at radius 1 is 1.00 bits per heavy atom. The molecule has 1 atom stereocenters. The predicted octanol–water partition coefficient (Wildman–Crippen LogP) is 2.39. The molecule has 0 bridgehead atoms. The number of likely N-dealkylation sites (tertiary alicyclic amines) is 1. The van der Waals surface area contributed by atoms with Gasteiger partial charge in [0.05, 0.1) is 0 Å². The summed E-state index contributed by atoms with van der Waals surface area (Å²) >= 11 is 0. The van der Waals surface area contributed by atoms with Gasteiger partial charge in [-0.25, -0.2) is 0 Å². The summed E-state index contributed by atoms with van der Waals surface area (Å²) in [6.45, 7) is 7.56. The van der Waals surface area contributed by atoms with Crippen LogP contribution in [0.3, 0.4) is 0 Å². The van der Waals surface area contributed by atoms with Gasteiger partial charge < -0.3 is 10.2 Å². The number of hydrogen-bond donors (Lipinski definition) is 1. The van der Waals surface area contributed by atoms with Crippen molar-refractivity contribution in [3.8, 4) is 0 Å².